The second-order valence-electron chi connectivity index (χ2n) is 6.06. The highest BCUT2D eigenvalue weighted by molar-refractivity contribution is 6.31. The Morgan fingerprint density at radius 3 is 2.52 bits per heavy atom. The van der Waals surface area contributed by atoms with Crippen LogP contribution in [0, 0.1) is 5.82 Å². The molecule has 0 amide bonds. The van der Waals surface area contributed by atoms with E-state index >= 15 is 0 Å². The molecule has 1 N–H and O–H groups in total. The maximum absolute atomic E-state index is 13.1. The number of nitrogens with one attached hydrogen (secondary N) is 1. The van der Waals surface area contributed by atoms with Crippen molar-refractivity contribution in [1.82, 2.24) is 15.1 Å². The summed E-state index contributed by atoms with van der Waals surface area (Å²) < 4.78 is 13.1. The second kappa shape index (κ2) is 7.54. The van der Waals surface area contributed by atoms with Gasteiger partial charge in [-0.2, -0.15) is 0 Å². The van der Waals surface area contributed by atoms with Crippen molar-refractivity contribution >= 4 is 11.6 Å². The molecule has 2 rings (SSSR count). The predicted octanol–water partition coefficient (Wildman–Crippen LogP) is 2.77. The van der Waals surface area contributed by atoms with E-state index in [1.165, 1.54) is 12.1 Å². The summed E-state index contributed by atoms with van der Waals surface area (Å²) in [5.41, 5.74) is 0.947. The van der Waals surface area contributed by atoms with Crippen molar-refractivity contribution in [3.63, 3.8) is 0 Å². The van der Waals surface area contributed by atoms with Crippen LogP contribution in [0.2, 0.25) is 5.02 Å². The van der Waals surface area contributed by atoms with Gasteiger partial charge in [-0.15, -0.1) is 0 Å². The molecule has 1 aliphatic heterocycles. The fourth-order valence-electron chi connectivity index (χ4n) is 2.84. The van der Waals surface area contributed by atoms with Gasteiger partial charge in [-0.1, -0.05) is 17.7 Å². The highest BCUT2D eigenvalue weighted by Gasteiger charge is 2.18. The molecule has 1 saturated heterocycles. The molecule has 0 saturated carbocycles. The average Bonchev–Trinajstić information content (AvgIpc) is 2.41. The standard InChI is InChI=1S/C16H25ClFN3/c1-12(11-21-8-6-20(3)7-9-21)19-13(2)15-5-4-14(18)10-16(15)17/h4-5,10,12-13,19H,6-9,11H2,1-3H3/t12-,13-/m1/s1. The van der Waals surface area contributed by atoms with Gasteiger partial charge in [0.05, 0.1) is 0 Å². The van der Waals surface area contributed by atoms with Crippen LogP contribution in [0.5, 0.6) is 0 Å². The minimum atomic E-state index is -0.290. The van der Waals surface area contributed by atoms with Crippen molar-refractivity contribution in [2.45, 2.75) is 25.9 Å². The predicted molar refractivity (Wildman–Crippen MR) is 86.4 cm³/mol. The van der Waals surface area contributed by atoms with Crippen molar-refractivity contribution in [2.75, 3.05) is 39.8 Å². The normalized spacial score (nSPS) is 20.4. The van der Waals surface area contributed by atoms with Gasteiger partial charge in [0.15, 0.2) is 0 Å². The van der Waals surface area contributed by atoms with Crippen LogP contribution < -0.4 is 5.32 Å². The van der Waals surface area contributed by atoms with E-state index in [0.717, 1.165) is 38.3 Å². The zero-order chi connectivity index (χ0) is 15.4. The Balaban J connectivity index is 1.85. The number of hydrogen-bond acceptors (Lipinski definition) is 3. The van der Waals surface area contributed by atoms with E-state index in [0.29, 0.717) is 11.1 Å². The summed E-state index contributed by atoms with van der Waals surface area (Å²) in [5.74, 6) is -0.290. The van der Waals surface area contributed by atoms with Gasteiger partial charge in [-0.05, 0) is 38.6 Å². The van der Waals surface area contributed by atoms with Gasteiger partial charge in [0, 0.05) is 49.8 Å². The summed E-state index contributed by atoms with van der Waals surface area (Å²) in [4.78, 5) is 4.84. The first kappa shape index (κ1) is 16.7. The molecule has 0 aliphatic carbocycles. The molecule has 0 aromatic heterocycles. The highest BCUT2D eigenvalue weighted by atomic mass is 35.5. The Morgan fingerprint density at radius 2 is 1.90 bits per heavy atom. The first-order valence-corrected chi connectivity index (χ1v) is 7.95. The molecule has 0 spiro atoms. The van der Waals surface area contributed by atoms with E-state index in [1.54, 1.807) is 6.07 Å². The molecule has 1 aromatic carbocycles. The number of halogens is 2. The molecule has 0 bridgehead atoms. The van der Waals surface area contributed by atoms with Crippen molar-refractivity contribution in [1.29, 1.82) is 0 Å². The zero-order valence-corrected chi connectivity index (χ0v) is 13.8. The lowest BCUT2D eigenvalue weighted by atomic mass is 10.1. The van der Waals surface area contributed by atoms with E-state index in [-0.39, 0.29) is 11.9 Å². The number of hydrogen-bond donors (Lipinski definition) is 1. The fourth-order valence-corrected chi connectivity index (χ4v) is 3.17. The lowest BCUT2D eigenvalue weighted by Gasteiger charge is -2.34. The van der Waals surface area contributed by atoms with E-state index in [9.17, 15) is 4.39 Å². The first-order valence-electron chi connectivity index (χ1n) is 7.57. The lowest BCUT2D eigenvalue weighted by molar-refractivity contribution is 0.142. The highest BCUT2D eigenvalue weighted by Crippen LogP contribution is 2.24. The molecule has 118 valence electrons. The van der Waals surface area contributed by atoms with E-state index < -0.39 is 0 Å². The molecule has 1 fully saturated rings. The number of likely N-dealkylation sites (N-methyl/N-ethyl adjacent to an activating group) is 1. The monoisotopic (exact) mass is 313 g/mol. The molecule has 21 heavy (non-hydrogen) atoms. The van der Waals surface area contributed by atoms with Gasteiger partial charge in [0.1, 0.15) is 5.82 Å². The Labute approximate surface area is 132 Å². The van der Waals surface area contributed by atoms with Gasteiger partial charge >= 0.3 is 0 Å². The van der Waals surface area contributed by atoms with Crippen LogP contribution >= 0.6 is 11.6 Å². The molecule has 1 aromatic rings. The summed E-state index contributed by atoms with van der Waals surface area (Å²) in [6.07, 6.45) is 0. The smallest absolute Gasteiger partial charge is 0.124 e. The van der Waals surface area contributed by atoms with Gasteiger partial charge in [0.2, 0.25) is 0 Å². The molecule has 0 unspecified atom stereocenters. The minimum Gasteiger partial charge on any atom is -0.306 e. The maximum atomic E-state index is 13.1. The second-order valence-corrected chi connectivity index (χ2v) is 6.47. The van der Waals surface area contributed by atoms with Crippen LogP contribution in [-0.2, 0) is 0 Å². The minimum absolute atomic E-state index is 0.112. The van der Waals surface area contributed by atoms with Crippen LogP contribution in [0.15, 0.2) is 18.2 Å². The van der Waals surface area contributed by atoms with E-state index in [4.69, 9.17) is 11.6 Å². The van der Waals surface area contributed by atoms with Gasteiger partial charge in [-0.25, -0.2) is 4.39 Å². The lowest BCUT2D eigenvalue weighted by Crippen LogP contribution is -2.49. The number of piperazine rings is 1. The molecule has 3 nitrogen and oxygen atoms in total. The molecule has 5 heteroatoms. The molecule has 1 heterocycles. The topological polar surface area (TPSA) is 18.5 Å². The molecule has 0 radical (unpaired) electrons. The molecule has 1 aliphatic rings. The third-order valence-corrected chi connectivity index (χ3v) is 4.42. The summed E-state index contributed by atoms with van der Waals surface area (Å²) in [6, 6.07) is 5.08. The third kappa shape index (κ3) is 4.92. The fraction of sp³-hybridized carbons (Fsp3) is 0.625. The van der Waals surface area contributed by atoms with Crippen molar-refractivity contribution in [3.8, 4) is 0 Å². The van der Waals surface area contributed by atoms with Crippen LogP contribution in [0.3, 0.4) is 0 Å². The van der Waals surface area contributed by atoms with Gasteiger partial charge < -0.3 is 10.2 Å². The van der Waals surface area contributed by atoms with Crippen LogP contribution in [-0.4, -0.2) is 55.6 Å². The molecular weight excluding hydrogens is 289 g/mol. The SMILES string of the molecule is C[C@H](CN1CCN(C)CC1)N[C@H](C)c1ccc(F)cc1Cl. The number of rotatable bonds is 5. The number of nitrogens with zero attached hydrogens (tertiary/aromatic N) is 2. The van der Waals surface area contributed by atoms with E-state index in [1.807, 2.05) is 0 Å². The summed E-state index contributed by atoms with van der Waals surface area (Å²) in [6.45, 7) is 9.78. The third-order valence-electron chi connectivity index (χ3n) is 4.09. The summed E-state index contributed by atoms with van der Waals surface area (Å²) in [7, 11) is 2.16. The Hall–Kier alpha value is -0.680. The van der Waals surface area contributed by atoms with E-state index in [2.05, 4.69) is 36.0 Å². The molecular formula is C16H25ClFN3. The van der Waals surface area contributed by atoms with Crippen molar-refractivity contribution in [3.05, 3.63) is 34.6 Å². The van der Waals surface area contributed by atoms with Crippen molar-refractivity contribution < 1.29 is 4.39 Å². The van der Waals surface area contributed by atoms with Crippen molar-refractivity contribution in [2.24, 2.45) is 0 Å². The van der Waals surface area contributed by atoms with Crippen LogP contribution in [0.4, 0.5) is 4.39 Å². The Morgan fingerprint density at radius 1 is 1.24 bits per heavy atom. The Bertz CT molecular complexity index is 461. The van der Waals surface area contributed by atoms with Crippen LogP contribution in [0.25, 0.3) is 0 Å². The molecule has 2 atom stereocenters. The first-order chi connectivity index (χ1) is 9.95. The number of benzene rings is 1. The van der Waals surface area contributed by atoms with Crippen LogP contribution in [0.1, 0.15) is 25.5 Å². The largest absolute Gasteiger partial charge is 0.306 e. The summed E-state index contributed by atoms with van der Waals surface area (Å²) >= 11 is 6.12. The summed E-state index contributed by atoms with van der Waals surface area (Å²) in [5, 5.41) is 4.04. The maximum Gasteiger partial charge on any atom is 0.124 e. The quantitative estimate of drug-likeness (QED) is 0.902. The Kier molecular flexibility index (Phi) is 5.99. The van der Waals surface area contributed by atoms with Gasteiger partial charge in [0.25, 0.3) is 0 Å². The zero-order valence-electron chi connectivity index (χ0n) is 13.1. The van der Waals surface area contributed by atoms with Gasteiger partial charge in [-0.3, -0.25) is 4.90 Å². The average molecular weight is 314 g/mol.